The predicted octanol–water partition coefficient (Wildman–Crippen LogP) is 3.37. The number of hydrogen-bond acceptors (Lipinski definition) is 4. The first-order valence-corrected chi connectivity index (χ1v) is 8.63. The first-order chi connectivity index (χ1) is 11.3. The van der Waals surface area contributed by atoms with Crippen molar-refractivity contribution in [2.24, 2.45) is 0 Å². The summed E-state index contributed by atoms with van der Waals surface area (Å²) in [6, 6.07) is 2.10. The van der Waals surface area contributed by atoms with Crippen LogP contribution in [-0.2, 0) is 11.2 Å². The number of likely N-dealkylation sites (tertiary alicyclic amines) is 1. The monoisotopic (exact) mass is 330 g/mol. The summed E-state index contributed by atoms with van der Waals surface area (Å²) in [6.45, 7) is 8.42. The third-order valence-electron chi connectivity index (χ3n) is 4.22. The number of carbonyl (C=O) groups is 1. The summed E-state index contributed by atoms with van der Waals surface area (Å²) in [5, 5.41) is 0. The van der Waals surface area contributed by atoms with Crippen molar-refractivity contribution in [1.82, 2.24) is 19.3 Å². The Morgan fingerprint density at radius 2 is 2.12 bits per heavy atom. The molecule has 1 aliphatic rings. The van der Waals surface area contributed by atoms with Gasteiger partial charge in [-0.3, -0.25) is 4.40 Å². The molecule has 2 aromatic heterocycles. The molecule has 1 fully saturated rings. The van der Waals surface area contributed by atoms with Crippen molar-refractivity contribution >= 4 is 11.9 Å². The number of imidazole rings is 1. The van der Waals surface area contributed by atoms with Crippen molar-refractivity contribution in [3.63, 3.8) is 0 Å². The van der Waals surface area contributed by atoms with Gasteiger partial charge in [-0.25, -0.2) is 14.8 Å². The molecule has 2 aromatic rings. The van der Waals surface area contributed by atoms with Gasteiger partial charge < -0.3 is 9.64 Å². The molecule has 24 heavy (non-hydrogen) atoms. The molecule has 0 radical (unpaired) electrons. The Hall–Kier alpha value is -2.11. The molecule has 1 amide bonds. The maximum atomic E-state index is 12.5. The number of fused-ring (bicyclic) bond motifs is 1. The maximum absolute atomic E-state index is 12.5. The van der Waals surface area contributed by atoms with Crippen LogP contribution in [0.2, 0.25) is 0 Å². The Morgan fingerprint density at radius 3 is 2.88 bits per heavy atom. The fraction of sp³-hybridized carbons (Fsp3) is 0.611. The SMILES string of the molecule is Cc1ccn2cc(CC3CCCCN3C(=O)OC(C)(C)C)nc2n1. The van der Waals surface area contributed by atoms with E-state index in [0.717, 1.165) is 43.6 Å². The second-order valence-corrected chi connectivity index (χ2v) is 7.54. The summed E-state index contributed by atoms with van der Waals surface area (Å²) in [4.78, 5) is 23.4. The quantitative estimate of drug-likeness (QED) is 0.847. The van der Waals surface area contributed by atoms with Crippen LogP contribution in [0.4, 0.5) is 4.79 Å². The molecule has 130 valence electrons. The zero-order valence-electron chi connectivity index (χ0n) is 15.0. The van der Waals surface area contributed by atoms with Crippen LogP contribution in [0.3, 0.4) is 0 Å². The molecular weight excluding hydrogens is 304 g/mol. The van der Waals surface area contributed by atoms with Crippen LogP contribution in [0.25, 0.3) is 5.78 Å². The van der Waals surface area contributed by atoms with Crippen molar-refractivity contribution < 1.29 is 9.53 Å². The first-order valence-electron chi connectivity index (χ1n) is 8.63. The van der Waals surface area contributed by atoms with Crippen LogP contribution >= 0.6 is 0 Å². The number of aryl methyl sites for hydroxylation is 1. The molecule has 0 N–H and O–H groups in total. The number of ether oxygens (including phenoxy) is 1. The van der Waals surface area contributed by atoms with Crippen molar-refractivity contribution in [1.29, 1.82) is 0 Å². The van der Waals surface area contributed by atoms with Gasteiger partial charge in [-0.2, -0.15) is 0 Å². The van der Waals surface area contributed by atoms with Crippen LogP contribution in [-0.4, -0.2) is 43.5 Å². The van der Waals surface area contributed by atoms with E-state index in [1.807, 2.05) is 55.5 Å². The predicted molar refractivity (Wildman–Crippen MR) is 92.0 cm³/mol. The number of amides is 1. The minimum atomic E-state index is -0.469. The Bertz CT molecular complexity index is 732. The fourth-order valence-electron chi connectivity index (χ4n) is 3.12. The van der Waals surface area contributed by atoms with Gasteiger partial charge in [0, 0.05) is 37.1 Å². The number of carbonyl (C=O) groups excluding carboxylic acids is 1. The minimum absolute atomic E-state index is 0.139. The Kier molecular flexibility index (Phi) is 4.47. The molecule has 1 unspecified atom stereocenters. The summed E-state index contributed by atoms with van der Waals surface area (Å²) in [7, 11) is 0. The van der Waals surface area contributed by atoms with Crippen LogP contribution in [0.5, 0.6) is 0 Å². The van der Waals surface area contributed by atoms with Gasteiger partial charge in [0.2, 0.25) is 5.78 Å². The van der Waals surface area contributed by atoms with Gasteiger partial charge >= 0.3 is 6.09 Å². The van der Waals surface area contributed by atoms with Crippen molar-refractivity contribution in [3.8, 4) is 0 Å². The van der Waals surface area contributed by atoms with E-state index in [0.29, 0.717) is 5.78 Å². The molecule has 0 aromatic carbocycles. The summed E-state index contributed by atoms with van der Waals surface area (Å²) < 4.78 is 7.50. The molecule has 0 bridgehead atoms. The van der Waals surface area contributed by atoms with E-state index in [2.05, 4.69) is 9.97 Å². The van der Waals surface area contributed by atoms with Crippen LogP contribution < -0.4 is 0 Å². The van der Waals surface area contributed by atoms with E-state index in [1.54, 1.807) is 0 Å². The third kappa shape index (κ3) is 3.86. The molecule has 0 saturated carbocycles. The Morgan fingerprint density at radius 1 is 1.33 bits per heavy atom. The molecule has 3 heterocycles. The normalized spacial score (nSPS) is 18.8. The van der Waals surface area contributed by atoms with Gasteiger partial charge in [0.25, 0.3) is 0 Å². The lowest BCUT2D eigenvalue weighted by atomic mass is 9.98. The lowest BCUT2D eigenvalue weighted by molar-refractivity contribution is 0.00986. The largest absolute Gasteiger partial charge is 0.444 e. The van der Waals surface area contributed by atoms with Crippen molar-refractivity contribution in [2.45, 2.75) is 65.0 Å². The summed E-state index contributed by atoms with van der Waals surface area (Å²) in [5.74, 6) is 0.713. The molecule has 0 spiro atoms. The lowest BCUT2D eigenvalue weighted by Crippen LogP contribution is -2.47. The smallest absolute Gasteiger partial charge is 0.410 e. The van der Waals surface area contributed by atoms with Gasteiger partial charge in [-0.05, 0) is 53.0 Å². The molecule has 3 rings (SSSR count). The van der Waals surface area contributed by atoms with Crippen molar-refractivity contribution in [3.05, 3.63) is 29.8 Å². The summed E-state index contributed by atoms with van der Waals surface area (Å²) >= 11 is 0. The van der Waals surface area contributed by atoms with Crippen molar-refractivity contribution in [2.75, 3.05) is 6.54 Å². The zero-order valence-corrected chi connectivity index (χ0v) is 15.0. The van der Waals surface area contributed by atoms with E-state index in [1.165, 1.54) is 0 Å². The average Bonchev–Trinajstić information content (AvgIpc) is 2.87. The highest BCUT2D eigenvalue weighted by Gasteiger charge is 2.31. The molecular formula is C18H26N4O2. The second-order valence-electron chi connectivity index (χ2n) is 7.54. The standard InChI is InChI=1S/C18H26N4O2/c1-13-8-10-21-12-14(20-16(21)19-13)11-15-7-5-6-9-22(15)17(23)24-18(2,3)4/h8,10,12,15H,5-7,9,11H2,1-4H3. The maximum Gasteiger partial charge on any atom is 0.410 e. The van der Waals surface area contributed by atoms with Gasteiger partial charge in [-0.1, -0.05) is 0 Å². The Labute approximate surface area is 142 Å². The van der Waals surface area contributed by atoms with Crippen LogP contribution in [0.1, 0.15) is 51.4 Å². The second kappa shape index (κ2) is 6.42. The Balaban J connectivity index is 1.76. The number of piperidine rings is 1. The molecule has 6 heteroatoms. The van der Waals surface area contributed by atoms with E-state index in [4.69, 9.17) is 4.74 Å². The lowest BCUT2D eigenvalue weighted by Gasteiger charge is -2.36. The van der Waals surface area contributed by atoms with E-state index < -0.39 is 5.60 Å². The van der Waals surface area contributed by atoms with Crippen LogP contribution in [0, 0.1) is 6.92 Å². The molecule has 1 atom stereocenters. The topological polar surface area (TPSA) is 59.7 Å². The highest BCUT2D eigenvalue weighted by Crippen LogP contribution is 2.23. The average molecular weight is 330 g/mol. The fourth-order valence-corrected chi connectivity index (χ4v) is 3.12. The summed E-state index contributed by atoms with van der Waals surface area (Å²) in [5.41, 5.74) is 1.45. The third-order valence-corrected chi connectivity index (χ3v) is 4.22. The molecule has 1 saturated heterocycles. The van der Waals surface area contributed by atoms with Gasteiger partial charge in [0.15, 0.2) is 0 Å². The molecule has 6 nitrogen and oxygen atoms in total. The number of hydrogen-bond donors (Lipinski definition) is 0. The van der Waals surface area contributed by atoms with Gasteiger partial charge in [0.05, 0.1) is 5.69 Å². The highest BCUT2D eigenvalue weighted by atomic mass is 16.6. The molecule has 1 aliphatic heterocycles. The van der Waals surface area contributed by atoms with Gasteiger partial charge in [-0.15, -0.1) is 0 Å². The van der Waals surface area contributed by atoms with E-state index in [9.17, 15) is 4.79 Å². The minimum Gasteiger partial charge on any atom is -0.444 e. The number of rotatable bonds is 2. The zero-order chi connectivity index (χ0) is 17.3. The molecule has 0 aliphatic carbocycles. The first kappa shape index (κ1) is 16.7. The van der Waals surface area contributed by atoms with E-state index >= 15 is 0 Å². The summed E-state index contributed by atoms with van der Waals surface area (Å²) in [6.07, 6.45) is 7.65. The number of aromatic nitrogens is 3. The van der Waals surface area contributed by atoms with E-state index in [-0.39, 0.29) is 12.1 Å². The van der Waals surface area contributed by atoms with Crippen LogP contribution in [0.15, 0.2) is 18.5 Å². The number of nitrogens with zero attached hydrogens (tertiary/aromatic N) is 4. The van der Waals surface area contributed by atoms with Gasteiger partial charge in [0.1, 0.15) is 5.60 Å². The highest BCUT2D eigenvalue weighted by molar-refractivity contribution is 5.68.